The van der Waals surface area contributed by atoms with Crippen LogP contribution in [-0.4, -0.2) is 34.6 Å². The first-order valence-electron chi connectivity index (χ1n) is 12.1. The molecule has 6 rings (SSSR count). The highest BCUT2D eigenvalue weighted by Crippen LogP contribution is 2.48. The fraction of sp³-hybridized carbons (Fsp3) is 0.241. The molecule has 0 saturated heterocycles. The summed E-state index contributed by atoms with van der Waals surface area (Å²) in [5.74, 6) is -0.323. The highest BCUT2D eigenvalue weighted by Gasteiger charge is 2.44. The topological polar surface area (TPSA) is 90.3 Å². The van der Waals surface area contributed by atoms with Crippen molar-refractivity contribution in [2.45, 2.75) is 31.2 Å². The van der Waals surface area contributed by atoms with Crippen LogP contribution in [0.5, 0.6) is 0 Å². The maximum Gasteiger partial charge on any atom is 0.309 e. The van der Waals surface area contributed by atoms with Crippen molar-refractivity contribution in [1.82, 2.24) is 14.9 Å². The molecule has 2 aliphatic rings. The molecule has 4 aromatic rings. The van der Waals surface area contributed by atoms with Gasteiger partial charge in [0, 0.05) is 24.1 Å². The minimum Gasteiger partial charge on any atom is -0.469 e. The Morgan fingerprint density at radius 3 is 2.58 bits per heavy atom. The van der Waals surface area contributed by atoms with Gasteiger partial charge in [-0.05, 0) is 66.1 Å². The Morgan fingerprint density at radius 1 is 1.03 bits per heavy atom. The summed E-state index contributed by atoms with van der Waals surface area (Å²) < 4.78 is 6.67. The number of carbonyl (C=O) groups excluding carboxylic acids is 2. The zero-order valence-corrected chi connectivity index (χ0v) is 19.8. The third-order valence-corrected chi connectivity index (χ3v) is 7.01. The van der Waals surface area contributed by atoms with E-state index in [2.05, 4.69) is 34.6 Å². The standard InChI is InChI=1S/C29H25N3O4/c1-36-29(35)24-15-23(24)18-9-7-17(8-10-18)19-4-2-5-21(14-19)32-16-25(28(34)31-20-11-12-20)26(33)22-6-3-13-30-27(22)32/h2-10,13-14,16,20,23-24H,11-12,15H2,1H3,(H,31,34)/t23?,24-/m1/s1. The van der Waals surface area contributed by atoms with E-state index in [1.54, 1.807) is 24.5 Å². The fourth-order valence-corrected chi connectivity index (χ4v) is 4.74. The lowest BCUT2D eigenvalue weighted by atomic mass is 10.0. The molecule has 36 heavy (non-hydrogen) atoms. The Kier molecular flexibility index (Phi) is 5.40. The summed E-state index contributed by atoms with van der Waals surface area (Å²) in [7, 11) is 1.43. The van der Waals surface area contributed by atoms with Gasteiger partial charge < -0.3 is 14.6 Å². The van der Waals surface area contributed by atoms with Gasteiger partial charge in [-0.25, -0.2) is 4.98 Å². The molecule has 2 aromatic carbocycles. The number of amides is 1. The number of aromatic nitrogens is 2. The first kappa shape index (κ1) is 22.2. The number of rotatable bonds is 6. The molecule has 2 atom stereocenters. The number of nitrogens with zero attached hydrogens (tertiary/aromatic N) is 2. The molecule has 0 spiro atoms. The molecule has 1 amide bonds. The van der Waals surface area contributed by atoms with E-state index in [0.717, 1.165) is 41.6 Å². The van der Waals surface area contributed by atoms with Crippen molar-refractivity contribution in [3.8, 4) is 16.8 Å². The summed E-state index contributed by atoms with van der Waals surface area (Å²) in [6, 6.07) is 19.7. The van der Waals surface area contributed by atoms with Crippen molar-refractivity contribution >= 4 is 22.9 Å². The lowest BCUT2D eigenvalue weighted by Gasteiger charge is -2.14. The van der Waals surface area contributed by atoms with Crippen LogP contribution in [0.4, 0.5) is 0 Å². The molecule has 1 N–H and O–H groups in total. The highest BCUT2D eigenvalue weighted by molar-refractivity contribution is 5.97. The number of fused-ring (bicyclic) bond motifs is 1. The minimum atomic E-state index is -0.348. The Morgan fingerprint density at radius 2 is 1.83 bits per heavy atom. The smallest absolute Gasteiger partial charge is 0.309 e. The van der Waals surface area contributed by atoms with Gasteiger partial charge in [-0.2, -0.15) is 0 Å². The molecular formula is C29H25N3O4. The Labute approximate surface area is 207 Å². The van der Waals surface area contributed by atoms with Crippen LogP contribution < -0.4 is 10.7 Å². The average molecular weight is 480 g/mol. The van der Waals surface area contributed by atoms with E-state index in [9.17, 15) is 14.4 Å². The number of methoxy groups -OCH3 is 1. The first-order chi connectivity index (χ1) is 17.5. The molecule has 7 nitrogen and oxygen atoms in total. The van der Waals surface area contributed by atoms with Crippen molar-refractivity contribution in [3.05, 3.63) is 94.4 Å². The van der Waals surface area contributed by atoms with Crippen LogP contribution in [0.25, 0.3) is 27.8 Å². The number of hydrogen-bond acceptors (Lipinski definition) is 5. The zero-order chi connectivity index (χ0) is 24.8. The highest BCUT2D eigenvalue weighted by atomic mass is 16.5. The summed E-state index contributed by atoms with van der Waals surface area (Å²) in [4.78, 5) is 42.1. The summed E-state index contributed by atoms with van der Waals surface area (Å²) in [6.45, 7) is 0. The minimum absolute atomic E-state index is 0.0448. The Balaban J connectivity index is 1.36. The SMILES string of the molecule is COC(=O)[C@@H]1CC1c1ccc(-c2cccc(-n3cc(C(=O)NC4CC4)c(=O)c4cccnc43)c2)cc1. The quantitative estimate of drug-likeness (QED) is 0.418. The molecule has 2 saturated carbocycles. The maximum atomic E-state index is 13.1. The number of hydrogen-bond donors (Lipinski definition) is 1. The van der Waals surface area contributed by atoms with E-state index in [1.165, 1.54) is 7.11 Å². The number of esters is 1. The molecule has 2 fully saturated rings. The van der Waals surface area contributed by atoms with Crippen molar-refractivity contribution in [1.29, 1.82) is 0 Å². The van der Waals surface area contributed by atoms with Crippen LogP contribution in [0.2, 0.25) is 0 Å². The largest absolute Gasteiger partial charge is 0.469 e. The van der Waals surface area contributed by atoms with Crippen molar-refractivity contribution < 1.29 is 14.3 Å². The molecule has 0 aliphatic heterocycles. The summed E-state index contributed by atoms with van der Waals surface area (Å²) in [6.07, 6.45) is 5.95. The van der Waals surface area contributed by atoms with Gasteiger partial charge in [-0.1, -0.05) is 36.4 Å². The van der Waals surface area contributed by atoms with Gasteiger partial charge in [0.1, 0.15) is 11.2 Å². The molecule has 1 unspecified atom stereocenters. The molecule has 0 radical (unpaired) electrons. The monoisotopic (exact) mass is 479 g/mol. The van der Waals surface area contributed by atoms with Crippen LogP contribution in [0.1, 0.15) is 41.1 Å². The molecule has 0 bridgehead atoms. The molecule has 7 heteroatoms. The van der Waals surface area contributed by atoms with Crippen LogP contribution in [0.15, 0.2) is 77.9 Å². The van der Waals surface area contributed by atoms with E-state index in [4.69, 9.17) is 4.74 Å². The molecule has 2 aliphatic carbocycles. The molecule has 180 valence electrons. The van der Waals surface area contributed by atoms with Crippen LogP contribution in [-0.2, 0) is 9.53 Å². The summed E-state index contributed by atoms with van der Waals surface area (Å²) in [5, 5.41) is 3.33. The van der Waals surface area contributed by atoms with Crippen LogP contribution in [0, 0.1) is 5.92 Å². The van der Waals surface area contributed by atoms with Crippen molar-refractivity contribution in [2.75, 3.05) is 7.11 Å². The van der Waals surface area contributed by atoms with E-state index in [1.807, 2.05) is 28.8 Å². The van der Waals surface area contributed by atoms with Crippen molar-refractivity contribution in [2.24, 2.45) is 5.92 Å². The van der Waals surface area contributed by atoms with Gasteiger partial charge >= 0.3 is 5.97 Å². The second-order valence-electron chi connectivity index (χ2n) is 9.51. The fourth-order valence-electron chi connectivity index (χ4n) is 4.74. The van der Waals surface area contributed by atoms with Crippen molar-refractivity contribution in [3.63, 3.8) is 0 Å². The number of pyridine rings is 2. The predicted octanol–water partition coefficient (Wildman–Crippen LogP) is 4.22. The van der Waals surface area contributed by atoms with Crippen LogP contribution in [0.3, 0.4) is 0 Å². The van der Waals surface area contributed by atoms with Gasteiger partial charge in [0.25, 0.3) is 5.91 Å². The van der Waals surface area contributed by atoms with E-state index in [0.29, 0.717) is 11.0 Å². The second-order valence-corrected chi connectivity index (χ2v) is 9.51. The number of nitrogens with one attached hydrogen (secondary N) is 1. The summed E-state index contributed by atoms with van der Waals surface area (Å²) >= 11 is 0. The zero-order valence-electron chi connectivity index (χ0n) is 19.8. The molecule has 2 aromatic heterocycles. The second kappa shape index (κ2) is 8.75. The van der Waals surface area contributed by atoms with E-state index in [-0.39, 0.29) is 40.7 Å². The van der Waals surface area contributed by atoms with Crippen LogP contribution >= 0.6 is 0 Å². The number of benzene rings is 2. The van der Waals surface area contributed by atoms with Gasteiger partial charge in [0.15, 0.2) is 0 Å². The number of carbonyl (C=O) groups is 2. The summed E-state index contributed by atoms with van der Waals surface area (Å²) in [5.41, 5.74) is 4.25. The number of ether oxygens (including phenoxy) is 1. The van der Waals surface area contributed by atoms with E-state index >= 15 is 0 Å². The lowest BCUT2D eigenvalue weighted by molar-refractivity contribution is -0.142. The molecular weight excluding hydrogens is 454 g/mol. The Bertz CT molecular complexity index is 1550. The van der Waals surface area contributed by atoms with Gasteiger partial charge in [0.2, 0.25) is 5.43 Å². The molecule has 2 heterocycles. The first-order valence-corrected chi connectivity index (χ1v) is 12.1. The third kappa shape index (κ3) is 4.06. The lowest BCUT2D eigenvalue weighted by Crippen LogP contribution is -2.31. The third-order valence-electron chi connectivity index (χ3n) is 7.01. The van der Waals surface area contributed by atoms with Gasteiger partial charge in [-0.3, -0.25) is 14.4 Å². The maximum absolute atomic E-state index is 13.1. The normalized spacial score (nSPS) is 18.6. The van der Waals surface area contributed by atoms with Gasteiger partial charge in [-0.15, -0.1) is 0 Å². The predicted molar refractivity (Wildman–Crippen MR) is 136 cm³/mol. The average Bonchev–Trinajstić information content (AvgIpc) is 3.85. The Hall–Kier alpha value is -4.26. The van der Waals surface area contributed by atoms with Gasteiger partial charge in [0.05, 0.1) is 18.4 Å². The van der Waals surface area contributed by atoms with E-state index < -0.39 is 0 Å².